The molecule has 1 heterocycles. The highest BCUT2D eigenvalue weighted by Crippen LogP contribution is 2.19. The van der Waals surface area contributed by atoms with E-state index in [2.05, 4.69) is 15.5 Å². The van der Waals surface area contributed by atoms with Crippen LogP contribution in [0.5, 0.6) is 0 Å². The molecular formula is C9H15N3O2S2. The number of thioether (sulfide) groups is 1. The van der Waals surface area contributed by atoms with Crippen molar-refractivity contribution in [3.8, 4) is 0 Å². The van der Waals surface area contributed by atoms with Gasteiger partial charge in [-0.3, -0.25) is 4.79 Å². The minimum Gasteiger partial charge on any atom is -0.465 e. The van der Waals surface area contributed by atoms with Crippen molar-refractivity contribution in [1.29, 1.82) is 0 Å². The summed E-state index contributed by atoms with van der Waals surface area (Å²) in [7, 11) is 0. The molecule has 1 unspecified atom stereocenters. The fourth-order valence-electron chi connectivity index (χ4n) is 1.08. The highest BCUT2D eigenvalue weighted by Gasteiger charge is 2.19. The van der Waals surface area contributed by atoms with Crippen LogP contribution in [0.1, 0.15) is 13.8 Å². The van der Waals surface area contributed by atoms with Crippen molar-refractivity contribution >= 4 is 29.1 Å². The zero-order valence-electron chi connectivity index (χ0n) is 9.30. The van der Waals surface area contributed by atoms with Gasteiger partial charge in [0.05, 0.1) is 6.61 Å². The Kier molecular flexibility index (Phi) is 6.36. The van der Waals surface area contributed by atoms with Gasteiger partial charge in [-0.05, 0) is 13.5 Å². The van der Waals surface area contributed by atoms with Gasteiger partial charge in [0.15, 0.2) is 4.34 Å². The van der Waals surface area contributed by atoms with E-state index in [1.165, 1.54) is 23.1 Å². The standard InChI is InChI=1S/C9H15N3O2S2/c1-3-10-7(8(13)14-4-2)5-15-9-12-11-6-16-9/h6-7,10H,3-5H2,1-2H3. The van der Waals surface area contributed by atoms with E-state index in [4.69, 9.17) is 4.74 Å². The van der Waals surface area contributed by atoms with Crippen LogP contribution in [0.4, 0.5) is 0 Å². The Morgan fingerprint density at radius 2 is 2.50 bits per heavy atom. The van der Waals surface area contributed by atoms with Gasteiger partial charge in [-0.2, -0.15) is 0 Å². The molecule has 0 bridgehead atoms. The first-order valence-electron chi connectivity index (χ1n) is 5.06. The number of rotatable bonds is 7. The van der Waals surface area contributed by atoms with Crippen molar-refractivity contribution in [3.63, 3.8) is 0 Å². The number of likely N-dealkylation sites (N-methyl/N-ethyl adjacent to an activating group) is 1. The Bertz CT molecular complexity index is 306. The van der Waals surface area contributed by atoms with Crippen molar-refractivity contribution < 1.29 is 9.53 Å². The molecule has 0 amide bonds. The Morgan fingerprint density at radius 1 is 1.69 bits per heavy atom. The molecule has 0 saturated heterocycles. The van der Waals surface area contributed by atoms with Crippen molar-refractivity contribution in [2.24, 2.45) is 0 Å². The number of carbonyl (C=O) groups excluding carboxylic acids is 1. The molecule has 0 spiro atoms. The minimum absolute atomic E-state index is 0.207. The molecule has 1 N–H and O–H groups in total. The Labute approximate surface area is 103 Å². The fraction of sp³-hybridized carbons (Fsp3) is 0.667. The van der Waals surface area contributed by atoms with E-state index in [9.17, 15) is 4.79 Å². The van der Waals surface area contributed by atoms with Crippen molar-refractivity contribution in [2.45, 2.75) is 24.2 Å². The summed E-state index contributed by atoms with van der Waals surface area (Å²) in [6.07, 6.45) is 0. The second-order valence-corrected chi connectivity index (χ2v) is 4.98. The normalized spacial score (nSPS) is 12.4. The third-order valence-corrected chi connectivity index (χ3v) is 3.69. The first kappa shape index (κ1) is 13.4. The van der Waals surface area contributed by atoms with Gasteiger partial charge in [0, 0.05) is 5.75 Å². The Balaban J connectivity index is 2.41. The lowest BCUT2D eigenvalue weighted by Crippen LogP contribution is -2.40. The maximum atomic E-state index is 11.6. The second kappa shape index (κ2) is 7.59. The summed E-state index contributed by atoms with van der Waals surface area (Å²) in [6, 6.07) is -0.279. The SMILES string of the molecule is CCNC(CSc1nncs1)C(=O)OCC. The second-order valence-electron chi connectivity index (χ2n) is 2.88. The third kappa shape index (κ3) is 4.46. The summed E-state index contributed by atoms with van der Waals surface area (Å²) < 4.78 is 5.85. The van der Waals surface area contributed by atoms with Gasteiger partial charge in [-0.25, -0.2) is 0 Å². The number of nitrogens with one attached hydrogen (secondary N) is 1. The molecule has 7 heteroatoms. The largest absolute Gasteiger partial charge is 0.465 e. The molecule has 0 aliphatic rings. The van der Waals surface area contributed by atoms with Crippen LogP contribution in [0.3, 0.4) is 0 Å². The molecule has 0 saturated carbocycles. The summed E-state index contributed by atoms with van der Waals surface area (Å²) in [5, 5.41) is 10.7. The highest BCUT2D eigenvalue weighted by atomic mass is 32.2. The molecule has 0 aliphatic carbocycles. The smallest absolute Gasteiger partial charge is 0.323 e. The van der Waals surface area contributed by atoms with Gasteiger partial charge < -0.3 is 10.1 Å². The van der Waals surface area contributed by atoms with Gasteiger partial charge >= 0.3 is 5.97 Å². The van der Waals surface area contributed by atoms with Crippen molar-refractivity contribution in [2.75, 3.05) is 18.9 Å². The molecule has 0 radical (unpaired) electrons. The van der Waals surface area contributed by atoms with E-state index in [1.54, 1.807) is 12.4 Å². The lowest BCUT2D eigenvalue weighted by atomic mass is 10.3. The molecular weight excluding hydrogens is 246 g/mol. The van der Waals surface area contributed by atoms with Gasteiger partial charge in [0.1, 0.15) is 11.6 Å². The molecule has 5 nitrogen and oxygen atoms in total. The first-order valence-corrected chi connectivity index (χ1v) is 6.93. The number of aromatic nitrogens is 2. The van der Waals surface area contributed by atoms with Crippen LogP contribution >= 0.6 is 23.1 Å². The molecule has 16 heavy (non-hydrogen) atoms. The number of hydrogen-bond donors (Lipinski definition) is 1. The fourth-order valence-corrected chi connectivity index (χ4v) is 2.63. The molecule has 1 rings (SSSR count). The quantitative estimate of drug-likeness (QED) is 0.587. The summed E-state index contributed by atoms with van der Waals surface area (Å²) in [5.74, 6) is 0.406. The number of carbonyl (C=O) groups is 1. The van der Waals surface area contributed by atoms with E-state index in [1.807, 2.05) is 6.92 Å². The van der Waals surface area contributed by atoms with Gasteiger partial charge in [0.2, 0.25) is 0 Å². The monoisotopic (exact) mass is 261 g/mol. The lowest BCUT2D eigenvalue weighted by Gasteiger charge is -2.14. The molecule has 90 valence electrons. The van der Waals surface area contributed by atoms with E-state index in [0.717, 1.165) is 10.9 Å². The summed E-state index contributed by atoms with van der Waals surface area (Å²) >= 11 is 2.98. The number of esters is 1. The summed E-state index contributed by atoms with van der Waals surface area (Å²) in [5.41, 5.74) is 1.68. The van der Waals surface area contributed by atoms with Crippen molar-refractivity contribution in [1.82, 2.24) is 15.5 Å². The first-order chi connectivity index (χ1) is 7.77. The lowest BCUT2D eigenvalue weighted by molar-refractivity contribution is -0.144. The van der Waals surface area contributed by atoms with E-state index in [-0.39, 0.29) is 12.0 Å². The number of hydrogen-bond acceptors (Lipinski definition) is 7. The third-order valence-electron chi connectivity index (χ3n) is 1.74. The number of nitrogens with zero attached hydrogens (tertiary/aromatic N) is 2. The summed E-state index contributed by atoms with van der Waals surface area (Å²) in [6.45, 7) is 4.91. The van der Waals surface area contributed by atoms with Crippen LogP contribution in [0.25, 0.3) is 0 Å². The molecule has 0 aliphatic heterocycles. The zero-order valence-corrected chi connectivity index (χ0v) is 10.9. The van der Waals surface area contributed by atoms with Crippen LogP contribution in [0.2, 0.25) is 0 Å². The maximum absolute atomic E-state index is 11.6. The van der Waals surface area contributed by atoms with Crippen LogP contribution < -0.4 is 5.32 Å². The highest BCUT2D eigenvalue weighted by molar-refractivity contribution is 8.01. The van der Waals surface area contributed by atoms with Crippen LogP contribution in [-0.4, -0.2) is 41.1 Å². The predicted molar refractivity (Wildman–Crippen MR) is 64.7 cm³/mol. The summed E-state index contributed by atoms with van der Waals surface area (Å²) in [4.78, 5) is 11.6. The number of ether oxygens (including phenoxy) is 1. The molecule has 1 aromatic heterocycles. The molecule has 1 aromatic rings. The molecule has 0 aromatic carbocycles. The topological polar surface area (TPSA) is 64.1 Å². The average molecular weight is 261 g/mol. The van der Waals surface area contributed by atoms with Gasteiger partial charge in [0.25, 0.3) is 0 Å². The predicted octanol–water partition coefficient (Wildman–Crippen LogP) is 1.17. The van der Waals surface area contributed by atoms with Crippen molar-refractivity contribution in [3.05, 3.63) is 5.51 Å². The van der Waals surface area contributed by atoms with Crippen LogP contribution in [0, 0.1) is 0 Å². The average Bonchev–Trinajstić information content (AvgIpc) is 2.77. The van der Waals surface area contributed by atoms with Crippen LogP contribution in [0.15, 0.2) is 9.85 Å². The molecule has 0 fully saturated rings. The van der Waals surface area contributed by atoms with Gasteiger partial charge in [-0.15, -0.1) is 10.2 Å². The van der Waals surface area contributed by atoms with E-state index < -0.39 is 0 Å². The zero-order chi connectivity index (χ0) is 11.8. The molecule has 1 atom stereocenters. The minimum atomic E-state index is -0.279. The van der Waals surface area contributed by atoms with Gasteiger partial charge in [-0.1, -0.05) is 30.0 Å². The Morgan fingerprint density at radius 3 is 3.06 bits per heavy atom. The van der Waals surface area contributed by atoms with E-state index >= 15 is 0 Å². The maximum Gasteiger partial charge on any atom is 0.323 e. The van der Waals surface area contributed by atoms with E-state index in [0.29, 0.717) is 12.4 Å². The Hall–Kier alpha value is -0.660. The van der Waals surface area contributed by atoms with Crippen LogP contribution in [-0.2, 0) is 9.53 Å².